The van der Waals surface area contributed by atoms with Gasteiger partial charge in [-0.15, -0.1) is 0 Å². The molecule has 1 aliphatic rings. The van der Waals surface area contributed by atoms with E-state index in [1.54, 1.807) is 0 Å². The minimum absolute atomic E-state index is 0.146. The van der Waals surface area contributed by atoms with E-state index in [1.165, 1.54) is 6.92 Å². The van der Waals surface area contributed by atoms with Gasteiger partial charge in [-0.05, 0) is 12.8 Å². The van der Waals surface area contributed by atoms with E-state index in [-0.39, 0.29) is 18.0 Å². The molecule has 0 aliphatic carbocycles. The maximum Gasteiger partial charge on any atom is 0.312 e. The first-order valence-electron chi connectivity index (χ1n) is 5.88. The molecule has 1 aliphatic heterocycles. The summed E-state index contributed by atoms with van der Waals surface area (Å²) < 4.78 is 10.4. The van der Waals surface area contributed by atoms with Crippen molar-refractivity contribution in [3.63, 3.8) is 0 Å². The molecule has 0 N–H and O–H groups in total. The zero-order valence-electron chi connectivity index (χ0n) is 10.2. The number of cyclic esters (lactones) is 1. The van der Waals surface area contributed by atoms with E-state index in [2.05, 4.69) is 0 Å². The van der Waals surface area contributed by atoms with Crippen molar-refractivity contribution < 1.29 is 19.1 Å². The van der Waals surface area contributed by atoms with E-state index in [9.17, 15) is 9.59 Å². The first kappa shape index (κ1) is 13.0. The molecule has 16 heavy (non-hydrogen) atoms. The van der Waals surface area contributed by atoms with Crippen LogP contribution in [-0.2, 0) is 19.1 Å². The maximum absolute atomic E-state index is 11.9. The number of hydrogen-bond acceptors (Lipinski definition) is 4. The van der Waals surface area contributed by atoms with E-state index in [4.69, 9.17) is 9.47 Å². The molecule has 1 rings (SSSR count). The molecule has 1 atom stereocenters. The molecule has 0 bridgehead atoms. The Hall–Kier alpha value is -1.06. The minimum Gasteiger partial charge on any atom is -0.465 e. The van der Waals surface area contributed by atoms with E-state index in [1.807, 2.05) is 13.8 Å². The molecule has 0 radical (unpaired) electrons. The van der Waals surface area contributed by atoms with Crippen molar-refractivity contribution in [2.75, 3.05) is 6.61 Å². The molecular weight excluding hydrogens is 208 g/mol. The quantitative estimate of drug-likeness (QED) is 0.694. The fourth-order valence-electron chi connectivity index (χ4n) is 2.22. The normalized spacial score (nSPS) is 24.4. The lowest BCUT2D eigenvalue weighted by atomic mass is 9.77. The number of carbonyl (C=O) groups is 2. The van der Waals surface area contributed by atoms with E-state index >= 15 is 0 Å². The molecule has 4 heteroatoms. The highest BCUT2D eigenvalue weighted by molar-refractivity contribution is 5.77. The molecule has 1 heterocycles. The average Bonchev–Trinajstić information content (AvgIpc) is 2.38. The minimum atomic E-state index is -0.476. The number of hydrogen-bond donors (Lipinski definition) is 0. The molecule has 0 aromatic heterocycles. The van der Waals surface area contributed by atoms with Crippen LogP contribution >= 0.6 is 0 Å². The average molecular weight is 228 g/mol. The summed E-state index contributed by atoms with van der Waals surface area (Å²) in [4.78, 5) is 22.8. The third-order valence-corrected chi connectivity index (χ3v) is 3.41. The number of esters is 2. The van der Waals surface area contributed by atoms with Gasteiger partial charge in [0, 0.05) is 19.8 Å². The second-order valence-electron chi connectivity index (χ2n) is 4.35. The molecule has 0 aromatic carbocycles. The van der Waals surface area contributed by atoms with Crippen LogP contribution in [0.1, 0.15) is 46.5 Å². The van der Waals surface area contributed by atoms with Gasteiger partial charge in [-0.25, -0.2) is 0 Å². The summed E-state index contributed by atoms with van der Waals surface area (Å²) in [5.41, 5.74) is -0.476. The van der Waals surface area contributed by atoms with Gasteiger partial charge in [0.05, 0.1) is 12.0 Å². The van der Waals surface area contributed by atoms with Crippen LogP contribution in [0.25, 0.3) is 0 Å². The molecule has 0 aromatic rings. The van der Waals surface area contributed by atoms with Crippen LogP contribution in [0.3, 0.4) is 0 Å². The fourth-order valence-corrected chi connectivity index (χ4v) is 2.22. The van der Waals surface area contributed by atoms with Gasteiger partial charge in [0.15, 0.2) is 0 Å². The van der Waals surface area contributed by atoms with Crippen LogP contribution in [0.4, 0.5) is 0 Å². The lowest BCUT2D eigenvalue weighted by Gasteiger charge is -2.29. The summed E-state index contributed by atoms with van der Waals surface area (Å²) in [5.74, 6) is -0.437. The first-order chi connectivity index (χ1) is 7.54. The fraction of sp³-hybridized carbons (Fsp3) is 0.833. The van der Waals surface area contributed by atoms with Crippen molar-refractivity contribution in [3.05, 3.63) is 0 Å². The Morgan fingerprint density at radius 2 is 2.12 bits per heavy atom. The Morgan fingerprint density at radius 3 is 2.62 bits per heavy atom. The molecule has 0 saturated carbocycles. The van der Waals surface area contributed by atoms with E-state index in [0.29, 0.717) is 19.4 Å². The highest BCUT2D eigenvalue weighted by Crippen LogP contribution is 2.37. The highest BCUT2D eigenvalue weighted by Gasteiger charge is 2.41. The predicted octanol–water partition coefficient (Wildman–Crippen LogP) is 2.06. The third kappa shape index (κ3) is 2.74. The van der Waals surface area contributed by atoms with Gasteiger partial charge in [0.25, 0.3) is 0 Å². The predicted molar refractivity (Wildman–Crippen MR) is 58.8 cm³/mol. The molecule has 0 spiro atoms. The standard InChI is InChI=1S/C12H20O4/c1-4-12(5-2)8-10(16-9(3)13)6-7-15-11(12)14/h10H,4-8H2,1-3H3. The zero-order chi connectivity index (χ0) is 12.2. The van der Waals surface area contributed by atoms with Crippen molar-refractivity contribution in [1.29, 1.82) is 0 Å². The van der Waals surface area contributed by atoms with Crippen LogP contribution in [0.15, 0.2) is 0 Å². The molecule has 4 nitrogen and oxygen atoms in total. The molecule has 1 saturated heterocycles. The van der Waals surface area contributed by atoms with Gasteiger partial charge in [0.2, 0.25) is 0 Å². The van der Waals surface area contributed by atoms with E-state index < -0.39 is 5.41 Å². The number of rotatable bonds is 3. The molecule has 1 unspecified atom stereocenters. The Morgan fingerprint density at radius 1 is 1.50 bits per heavy atom. The van der Waals surface area contributed by atoms with Gasteiger partial charge in [-0.2, -0.15) is 0 Å². The summed E-state index contributed by atoms with van der Waals surface area (Å²) in [5, 5.41) is 0. The van der Waals surface area contributed by atoms with E-state index in [0.717, 1.165) is 12.8 Å². The molecule has 92 valence electrons. The Labute approximate surface area is 96.3 Å². The maximum atomic E-state index is 11.9. The van der Waals surface area contributed by atoms with Crippen molar-refractivity contribution in [2.24, 2.45) is 5.41 Å². The van der Waals surface area contributed by atoms with Crippen molar-refractivity contribution in [3.8, 4) is 0 Å². The lowest BCUT2D eigenvalue weighted by Crippen LogP contribution is -2.33. The summed E-state index contributed by atoms with van der Waals surface area (Å²) >= 11 is 0. The Kier molecular flexibility index (Phi) is 4.33. The number of ether oxygens (including phenoxy) is 2. The van der Waals surface area contributed by atoms with Crippen molar-refractivity contribution in [1.82, 2.24) is 0 Å². The smallest absolute Gasteiger partial charge is 0.312 e. The molecule has 1 fully saturated rings. The van der Waals surface area contributed by atoms with Gasteiger partial charge < -0.3 is 9.47 Å². The van der Waals surface area contributed by atoms with Gasteiger partial charge in [-0.3, -0.25) is 9.59 Å². The lowest BCUT2D eigenvalue weighted by molar-refractivity contribution is -0.156. The largest absolute Gasteiger partial charge is 0.465 e. The zero-order valence-corrected chi connectivity index (χ0v) is 10.2. The molecular formula is C12H20O4. The highest BCUT2D eigenvalue weighted by atomic mass is 16.6. The summed E-state index contributed by atoms with van der Waals surface area (Å²) in [6, 6.07) is 0. The van der Waals surface area contributed by atoms with Crippen LogP contribution in [-0.4, -0.2) is 24.6 Å². The van der Waals surface area contributed by atoms with Gasteiger partial charge in [0.1, 0.15) is 6.10 Å². The second-order valence-corrected chi connectivity index (χ2v) is 4.35. The van der Waals surface area contributed by atoms with Crippen LogP contribution < -0.4 is 0 Å². The monoisotopic (exact) mass is 228 g/mol. The SMILES string of the molecule is CCC1(CC)CC(OC(C)=O)CCOC1=O. The van der Waals surface area contributed by atoms with Gasteiger partial charge in [-0.1, -0.05) is 13.8 Å². The summed E-state index contributed by atoms with van der Waals surface area (Å²) in [7, 11) is 0. The third-order valence-electron chi connectivity index (χ3n) is 3.41. The second kappa shape index (κ2) is 5.32. The first-order valence-corrected chi connectivity index (χ1v) is 5.88. The van der Waals surface area contributed by atoms with Crippen LogP contribution in [0, 0.1) is 5.41 Å². The van der Waals surface area contributed by atoms with Crippen LogP contribution in [0.2, 0.25) is 0 Å². The molecule has 0 amide bonds. The van der Waals surface area contributed by atoms with Gasteiger partial charge >= 0.3 is 11.9 Å². The topological polar surface area (TPSA) is 52.6 Å². The van der Waals surface area contributed by atoms with Crippen LogP contribution in [0.5, 0.6) is 0 Å². The summed E-state index contributed by atoms with van der Waals surface area (Å²) in [6.07, 6.45) is 2.44. The van der Waals surface area contributed by atoms with Crippen molar-refractivity contribution in [2.45, 2.75) is 52.6 Å². The number of carbonyl (C=O) groups excluding carboxylic acids is 2. The summed E-state index contributed by atoms with van der Waals surface area (Å²) in [6.45, 7) is 5.69. The van der Waals surface area contributed by atoms with Crippen molar-refractivity contribution >= 4 is 11.9 Å². The Balaban J connectivity index is 2.80. The Bertz CT molecular complexity index is 268.